The molecule has 2 fully saturated rings. The fraction of sp³-hybridized carbons (Fsp3) is 0.647. The molecule has 2 nitrogen and oxygen atoms in total. The van der Waals surface area contributed by atoms with Gasteiger partial charge in [-0.3, -0.25) is 4.84 Å². The van der Waals surface area contributed by atoms with Gasteiger partial charge in [-0.1, -0.05) is 43.2 Å². The maximum absolute atomic E-state index is 5.66. The minimum Gasteiger partial charge on any atom is -0.297 e. The van der Waals surface area contributed by atoms with Gasteiger partial charge in [0.1, 0.15) is 0 Å². The maximum atomic E-state index is 5.66. The lowest BCUT2D eigenvalue weighted by Gasteiger charge is -2.37. The van der Waals surface area contributed by atoms with Gasteiger partial charge in [-0.2, -0.15) is 5.48 Å². The van der Waals surface area contributed by atoms with Gasteiger partial charge in [0.25, 0.3) is 0 Å². The fourth-order valence-electron chi connectivity index (χ4n) is 3.79. The zero-order chi connectivity index (χ0) is 13.0. The van der Waals surface area contributed by atoms with Crippen molar-refractivity contribution < 1.29 is 4.84 Å². The van der Waals surface area contributed by atoms with Gasteiger partial charge in [-0.05, 0) is 49.5 Å². The van der Waals surface area contributed by atoms with Crippen LogP contribution in [0.3, 0.4) is 0 Å². The van der Waals surface area contributed by atoms with Crippen LogP contribution in [0, 0.1) is 5.41 Å². The Kier molecular flexibility index (Phi) is 4.19. The van der Waals surface area contributed by atoms with E-state index in [1.807, 2.05) is 6.07 Å². The summed E-state index contributed by atoms with van der Waals surface area (Å²) in [5, 5.41) is 0. The lowest BCUT2D eigenvalue weighted by atomic mass is 9.71. The van der Waals surface area contributed by atoms with E-state index in [2.05, 4.69) is 29.7 Å². The van der Waals surface area contributed by atoms with Gasteiger partial charge in [-0.15, -0.1) is 0 Å². The summed E-state index contributed by atoms with van der Waals surface area (Å²) in [5.41, 5.74) is 5.23. The molecule has 0 amide bonds. The second-order valence-corrected chi connectivity index (χ2v) is 6.37. The molecule has 0 aromatic heterocycles. The van der Waals surface area contributed by atoms with Gasteiger partial charge in [0.15, 0.2) is 0 Å². The zero-order valence-electron chi connectivity index (χ0n) is 11.7. The van der Waals surface area contributed by atoms with E-state index in [0.29, 0.717) is 12.6 Å². The molecule has 3 rings (SSSR count). The highest BCUT2D eigenvalue weighted by Gasteiger charge is 2.37. The van der Waals surface area contributed by atoms with Crippen LogP contribution in [0.25, 0.3) is 0 Å². The molecular formula is C17H25NO. The van der Waals surface area contributed by atoms with E-state index in [9.17, 15) is 0 Å². The molecule has 1 aromatic rings. The van der Waals surface area contributed by atoms with Gasteiger partial charge < -0.3 is 0 Å². The van der Waals surface area contributed by atoms with Crippen LogP contribution in [-0.2, 0) is 11.4 Å². The Morgan fingerprint density at radius 2 is 1.68 bits per heavy atom. The Bertz CT molecular complexity index is 374. The lowest BCUT2D eigenvalue weighted by molar-refractivity contribution is -0.0155. The first-order valence-electron chi connectivity index (χ1n) is 7.78. The van der Waals surface area contributed by atoms with Crippen LogP contribution < -0.4 is 5.48 Å². The first-order chi connectivity index (χ1) is 9.36. The van der Waals surface area contributed by atoms with Crippen molar-refractivity contribution in [2.24, 2.45) is 5.41 Å². The third-order valence-corrected chi connectivity index (χ3v) is 5.04. The zero-order valence-corrected chi connectivity index (χ0v) is 11.7. The summed E-state index contributed by atoms with van der Waals surface area (Å²) >= 11 is 0. The first kappa shape index (κ1) is 13.1. The van der Waals surface area contributed by atoms with Crippen molar-refractivity contribution in [3.8, 4) is 0 Å². The summed E-state index contributed by atoms with van der Waals surface area (Å²) in [6.07, 6.45) is 11.3. The molecule has 0 aliphatic heterocycles. The van der Waals surface area contributed by atoms with Crippen LogP contribution in [0.1, 0.15) is 56.9 Å². The first-order valence-corrected chi connectivity index (χ1v) is 7.78. The predicted molar refractivity (Wildman–Crippen MR) is 77.5 cm³/mol. The largest absolute Gasteiger partial charge is 0.297 e. The average Bonchev–Trinajstić information content (AvgIpc) is 2.91. The molecule has 0 atom stereocenters. The highest BCUT2D eigenvalue weighted by molar-refractivity contribution is 5.13. The number of nitrogens with one attached hydrogen (secondary N) is 1. The SMILES string of the molecule is c1ccc(CONC2CCC3(CCCC3)CC2)cc1. The van der Waals surface area contributed by atoms with E-state index in [0.717, 1.165) is 5.41 Å². The van der Waals surface area contributed by atoms with E-state index in [1.54, 1.807) is 0 Å². The molecule has 1 N–H and O–H groups in total. The van der Waals surface area contributed by atoms with Crippen molar-refractivity contribution in [2.45, 2.75) is 64.0 Å². The fourth-order valence-corrected chi connectivity index (χ4v) is 3.79. The molecule has 0 unspecified atom stereocenters. The Hall–Kier alpha value is -0.860. The third kappa shape index (κ3) is 3.37. The van der Waals surface area contributed by atoms with E-state index in [4.69, 9.17) is 4.84 Å². The van der Waals surface area contributed by atoms with Crippen molar-refractivity contribution in [1.29, 1.82) is 0 Å². The number of hydrogen-bond donors (Lipinski definition) is 1. The van der Waals surface area contributed by atoms with Crippen LogP contribution in [0.15, 0.2) is 30.3 Å². The molecule has 0 heterocycles. The molecule has 2 heteroatoms. The van der Waals surface area contributed by atoms with Crippen molar-refractivity contribution in [3.05, 3.63) is 35.9 Å². The minimum absolute atomic E-state index is 0.565. The van der Waals surface area contributed by atoms with Gasteiger partial charge in [0.05, 0.1) is 6.61 Å². The molecule has 2 saturated carbocycles. The minimum atomic E-state index is 0.565. The summed E-state index contributed by atoms with van der Waals surface area (Å²) in [4.78, 5) is 5.66. The number of hydroxylamine groups is 1. The van der Waals surface area contributed by atoms with Gasteiger partial charge in [-0.25, -0.2) is 0 Å². The Morgan fingerprint density at radius 1 is 1.00 bits per heavy atom. The molecule has 104 valence electrons. The number of benzene rings is 1. The maximum Gasteiger partial charge on any atom is 0.0933 e. The van der Waals surface area contributed by atoms with E-state index in [-0.39, 0.29) is 0 Å². The Balaban J connectivity index is 1.38. The number of rotatable bonds is 4. The Morgan fingerprint density at radius 3 is 2.37 bits per heavy atom. The van der Waals surface area contributed by atoms with Crippen LogP contribution in [0.5, 0.6) is 0 Å². The summed E-state index contributed by atoms with van der Waals surface area (Å²) < 4.78 is 0. The van der Waals surface area contributed by atoms with E-state index in [1.165, 1.54) is 56.9 Å². The molecule has 19 heavy (non-hydrogen) atoms. The second kappa shape index (κ2) is 6.06. The highest BCUT2D eigenvalue weighted by Crippen LogP contribution is 2.48. The molecule has 0 bridgehead atoms. The van der Waals surface area contributed by atoms with Crippen molar-refractivity contribution in [2.75, 3.05) is 0 Å². The quantitative estimate of drug-likeness (QED) is 0.818. The Labute approximate surface area is 116 Å². The van der Waals surface area contributed by atoms with Crippen LogP contribution in [0.4, 0.5) is 0 Å². The molecule has 0 radical (unpaired) electrons. The standard InChI is InChI=1S/C17H25NO/c1-2-6-15(7-3-1)14-19-18-16-8-12-17(13-9-16)10-4-5-11-17/h1-3,6-7,16,18H,4-5,8-14H2. The molecular weight excluding hydrogens is 234 g/mol. The predicted octanol–water partition coefficient (Wildman–Crippen LogP) is 4.21. The second-order valence-electron chi connectivity index (χ2n) is 6.37. The average molecular weight is 259 g/mol. The van der Waals surface area contributed by atoms with Crippen LogP contribution in [0.2, 0.25) is 0 Å². The lowest BCUT2D eigenvalue weighted by Crippen LogP contribution is -2.36. The molecule has 1 spiro atoms. The van der Waals surface area contributed by atoms with Crippen molar-refractivity contribution >= 4 is 0 Å². The molecule has 0 saturated heterocycles. The number of hydrogen-bond acceptors (Lipinski definition) is 2. The summed E-state index contributed by atoms with van der Waals surface area (Å²) in [5.74, 6) is 0. The van der Waals surface area contributed by atoms with Gasteiger partial charge in [0, 0.05) is 6.04 Å². The normalized spacial score (nSPS) is 22.9. The summed E-state index contributed by atoms with van der Waals surface area (Å²) in [6.45, 7) is 0.669. The van der Waals surface area contributed by atoms with Crippen molar-refractivity contribution in [3.63, 3.8) is 0 Å². The smallest absolute Gasteiger partial charge is 0.0933 e. The van der Waals surface area contributed by atoms with Gasteiger partial charge >= 0.3 is 0 Å². The molecule has 2 aliphatic rings. The van der Waals surface area contributed by atoms with Crippen LogP contribution in [-0.4, -0.2) is 6.04 Å². The monoisotopic (exact) mass is 259 g/mol. The van der Waals surface area contributed by atoms with Crippen molar-refractivity contribution in [1.82, 2.24) is 5.48 Å². The van der Waals surface area contributed by atoms with Crippen LogP contribution >= 0.6 is 0 Å². The topological polar surface area (TPSA) is 21.3 Å². The highest BCUT2D eigenvalue weighted by atomic mass is 16.6. The molecule has 1 aromatic carbocycles. The third-order valence-electron chi connectivity index (χ3n) is 5.04. The van der Waals surface area contributed by atoms with E-state index >= 15 is 0 Å². The van der Waals surface area contributed by atoms with Gasteiger partial charge in [0.2, 0.25) is 0 Å². The summed E-state index contributed by atoms with van der Waals surface area (Å²) in [7, 11) is 0. The summed E-state index contributed by atoms with van der Waals surface area (Å²) in [6, 6.07) is 10.9. The van der Waals surface area contributed by atoms with E-state index < -0.39 is 0 Å². The molecule has 2 aliphatic carbocycles.